The standard InChI is InChI=1S/C14H22N2O4S/c1-9-13(8-17)14(10(2)20-9)21(18,19)15-11-5-6-16(7-11)12-3-4-12/h11-12,15,17H,3-8H2,1-2H3. The lowest BCUT2D eigenvalue weighted by Crippen LogP contribution is -2.37. The highest BCUT2D eigenvalue weighted by molar-refractivity contribution is 7.89. The Morgan fingerprint density at radius 2 is 2.00 bits per heavy atom. The summed E-state index contributed by atoms with van der Waals surface area (Å²) >= 11 is 0. The van der Waals surface area contributed by atoms with Crippen LogP contribution >= 0.6 is 0 Å². The van der Waals surface area contributed by atoms with Crippen molar-refractivity contribution in [3.63, 3.8) is 0 Å². The van der Waals surface area contributed by atoms with E-state index in [2.05, 4.69) is 9.62 Å². The van der Waals surface area contributed by atoms with Gasteiger partial charge in [-0.05, 0) is 33.1 Å². The smallest absolute Gasteiger partial charge is 0.244 e. The van der Waals surface area contributed by atoms with Crippen LogP contribution in [0.15, 0.2) is 9.31 Å². The van der Waals surface area contributed by atoms with Crippen molar-refractivity contribution in [3.05, 3.63) is 17.1 Å². The lowest BCUT2D eigenvalue weighted by molar-refractivity contribution is 0.276. The lowest BCUT2D eigenvalue weighted by atomic mass is 10.2. The zero-order valence-electron chi connectivity index (χ0n) is 12.4. The summed E-state index contributed by atoms with van der Waals surface area (Å²) in [5.74, 6) is 0.794. The third kappa shape index (κ3) is 2.88. The van der Waals surface area contributed by atoms with E-state index < -0.39 is 10.0 Å². The molecule has 118 valence electrons. The van der Waals surface area contributed by atoms with Crippen LogP contribution in [0.25, 0.3) is 0 Å². The fourth-order valence-electron chi connectivity index (χ4n) is 3.18. The largest absolute Gasteiger partial charge is 0.465 e. The number of aliphatic hydroxyl groups excluding tert-OH is 1. The molecule has 1 aliphatic carbocycles. The molecule has 6 nitrogen and oxygen atoms in total. The van der Waals surface area contributed by atoms with Gasteiger partial charge < -0.3 is 9.52 Å². The number of hydrogen-bond donors (Lipinski definition) is 2. The van der Waals surface area contributed by atoms with Gasteiger partial charge in [-0.25, -0.2) is 13.1 Å². The highest BCUT2D eigenvalue weighted by Gasteiger charge is 2.37. The van der Waals surface area contributed by atoms with E-state index in [1.165, 1.54) is 12.8 Å². The first-order valence-electron chi connectivity index (χ1n) is 7.38. The van der Waals surface area contributed by atoms with E-state index >= 15 is 0 Å². The average Bonchev–Trinajstić information content (AvgIpc) is 3.08. The maximum absolute atomic E-state index is 12.6. The lowest BCUT2D eigenvalue weighted by Gasteiger charge is -2.16. The normalized spacial score (nSPS) is 23.9. The molecule has 0 amide bonds. The van der Waals surface area contributed by atoms with Crippen molar-refractivity contribution in [2.24, 2.45) is 0 Å². The highest BCUT2D eigenvalue weighted by Crippen LogP contribution is 2.31. The van der Waals surface area contributed by atoms with Gasteiger partial charge in [0.05, 0.1) is 6.61 Å². The fraction of sp³-hybridized carbons (Fsp3) is 0.714. The molecule has 1 aliphatic heterocycles. The number of nitrogens with one attached hydrogen (secondary N) is 1. The number of nitrogens with zero attached hydrogens (tertiary/aromatic N) is 1. The summed E-state index contributed by atoms with van der Waals surface area (Å²) in [5.41, 5.74) is 0.358. The van der Waals surface area contributed by atoms with Crippen molar-refractivity contribution in [2.75, 3.05) is 13.1 Å². The van der Waals surface area contributed by atoms with E-state index in [9.17, 15) is 13.5 Å². The number of rotatable bonds is 5. The van der Waals surface area contributed by atoms with E-state index in [-0.39, 0.29) is 17.5 Å². The van der Waals surface area contributed by atoms with Gasteiger partial charge in [-0.3, -0.25) is 4.90 Å². The zero-order chi connectivity index (χ0) is 15.2. The van der Waals surface area contributed by atoms with Gasteiger partial charge in [0.1, 0.15) is 16.4 Å². The van der Waals surface area contributed by atoms with Gasteiger partial charge in [0.15, 0.2) is 0 Å². The van der Waals surface area contributed by atoms with E-state index in [1.54, 1.807) is 13.8 Å². The van der Waals surface area contributed by atoms with Gasteiger partial charge in [-0.2, -0.15) is 0 Å². The van der Waals surface area contributed by atoms with Crippen LogP contribution in [0.3, 0.4) is 0 Å². The second-order valence-corrected chi connectivity index (χ2v) is 7.66. The number of likely N-dealkylation sites (tertiary alicyclic amines) is 1. The number of furan rings is 1. The molecule has 0 radical (unpaired) electrons. The maximum Gasteiger partial charge on any atom is 0.244 e. The Bertz CT molecular complexity index is 634. The molecule has 21 heavy (non-hydrogen) atoms. The molecule has 1 saturated carbocycles. The van der Waals surface area contributed by atoms with Gasteiger partial charge in [0.25, 0.3) is 0 Å². The molecule has 2 aliphatic rings. The highest BCUT2D eigenvalue weighted by atomic mass is 32.2. The van der Waals surface area contributed by atoms with Crippen LogP contribution in [-0.4, -0.2) is 43.6 Å². The Kier molecular flexibility index (Phi) is 3.85. The van der Waals surface area contributed by atoms with Crippen molar-refractivity contribution in [1.82, 2.24) is 9.62 Å². The number of sulfonamides is 1. The Balaban J connectivity index is 1.78. The molecule has 3 rings (SSSR count). The summed E-state index contributed by atoms with van der Waals surface area (Å²) in [6.07, 6.45) is 3.29. The van der Waals surface area contributed by atoms with Crippen molar-refractivity contribution in [2.45, 2.75) is 56.7 Å². The number of hydrogen-bond acceptors (Lipinski definition) is 5. The molecule has 0 spiro atoms. The van der Waals surface area contributed by atoms with Gasteiger partial charge in [-0.15, -0.1) is 0 Å². The molecule has 1 saturated heterocycles. The van der Waals surface area contributed by atoms with E-state index in [0.29, 0.717) is 23.1 Å². The van der Waals surface area contributed by atoms with Crippen LogP contribution in [0.5, 0.6) is 0 Å². The molecule has 1 aromatic rings. The molecule has 0 bridgehead atoms. The molecule has 2 N–H and O–H groups in total. The monoisotopic (exact) mass is 314 g/mol. The molecule has 2 fully saturated rings. The summed E-state index contributed by atoms with van der Waals surface area (Å²) in [6.45, 7) is 4.68. The second kappa shape index (κ2) is 5.39. The minimum Gasteiger partial charge on any atom is -0.465 e. The quantitative estimate of drug-likeness (QED) is 0.844. The van der Waals surface area contributed by atoms with Gasteiger partial charge in [0.2, 0.25) is 10.0 Å². The van der Waals surface area contributed by atoms with E-state index in [0.717, 1.165) is 19.5 Å². The van der Waals surface area contributed by atoms with Gasteiger partial charge >= 0.3 is 0 Å². The minimum atomic E-state index is -3.66. The second-order valence-electron chi connectivity index (χ2n) is 6.01. The Morgan fingerprint density at radius 1 is 1.29 bits per heavy atom. The van der Waals surface area contributed by atoms with Crippen molar-refractivity contribution in [3.8, 4) is 0 Å². The molecule has 1 unspecified atom stereocenters. The number of aliphatic hydroxyl groups is 1. The minimum absolute atomic E-state index is 0.0586. The SMILES string of the molecule is Cc1oc(C)c(S(=O)(=O)NC2CCN(C3CC3)C2)c1CO. The summed E-state index contributed by atoms with van der Waals surface area (Å²) in [7, 11) is -3.66. The Labute approximate surface area is 125 Å². The van der Waals surface area contributed by atoms with Crippen LogP contribution in [0.2, 0.25) is 0 Å². The van der Waals surface area contributed by atoms with E-state index in [1.807, 2.05) is 0 Å². The third-order valence-corrected chi connectivity index (χ3v) is 6.07. The molecule has 1 atom stereocenters. The Morgan fingerprint density at radius 3 is 2.62 bits per heavy atom. The van der Waals surface area contributed by atoms with Crippen molar-refractivity contribution < 1.29 is 17.9 Å². The van der Waals surface area contributed by atoms with Crippen LogP contribution in [0.1, 0.15) is 36.3 Å². The van der Waals surface area contributed by atoms with Crippen LogP contribution < -0.4 is 4.72 Å². The molecular formula is C14H22N2O4S. The summed E-state index contributed by atoms with van der Waals surface area (Å²) in [5, 5.41) is 9.40. The first-order chi connectivity index (χ1) is 9.92. The van der Waals surface area contributed by atoms with Crippen molar-refractivity contribution >= 4 is 10.0 Å². The molecule has 0 aromatic carbocycles. The molecule has 7 heteroatoms. The van der Waals surface area contributed by atoms with Gasteiger partial charge in [0, 0.05) is 30.7 Å². The Hall–Kier alpha value is -0.890. The molecular weight excluding hydrogens is 292 g/mol. The summed E-state index contributed by atoms with van der Waals surface area (Å²) in [6, 6.07) is 0.599. The number of aryl methyl sites for hydroxylation is 2. The predicted molar refractivity (Wildman–Crippen MR) is 77.4 cm³/mol. The van der Waals surface area contributed by atoms with Crippen LogP contribution in [-0.2, 0) is 16.6 Å². The first-order valence-corrected chi connectivity index (χ1v) is 8.87. The molecule has 2 heterocycles. The summed E-state index contributed by atoms with van der Waals surface area (Å²) in [4.78, 5) is 2.46. The predicted octanol–water partition coefficient (Wildman–Crippen LogP) is 0.904. The fourth-order valence-corrected chi connectivity index (χ4v) is 4.88. The van der Waals surface area contributed by atoms with Crippen LogP contribution in [0.4, 0.5) is 0 Å². The third-order valence-electron chi connectivity index (χ3n) is 4.36. The van der Waals surface area contributed by atoms with Gasteiger partial charge in [-0.1, -0.05) is 0 Å². The zero-order valence-corrected chi connectivity index (χ0v) is 13.2. The maximum atomic E-state index is 12.6. The summed E-state index contributed by atoms with van der Waals surface area (Å²) < 4.78 is 33.3. The average molecular weight is 314 g/mol. The first kappa shape index (κ1) is 15.0. The van der Waals surface area contributed by atoms with Crippen molar-refractivity contribution in [1.29, 1.82) is 0 Å². The van der Waals surface area contributed by atoms with Crippen LogP contribution in [0, 0.1) is 13.8 Å². The van der Waals surface area contributed by atoms with E-state index in [4.69, 9.17) is 4.42 Å². The molecule has 1 aromatic heterocycles. The topological polar surface area (TPSA) is 82.8 Å².